The number of hydrogen-bond donors (Lipinski definition) is 1. The van der Waals surface area contributed by atoms with Gasteiger partial charge in [0.05, 0.1) is 10.7 Å². The highest BCUT2D eigenvalue weighted by atomic mass is 32.1. The summed E-state index contributed by atoms with van der Waals surface area (Å²) in [5.41, 5.74) is 0.948. The van der Waals surface area contributed by atoms with Gasteiger partial charge in [0, 0.05) is 11.9 Å². The van der Waals surface area contributed by atoms with E-state index in [9.17, 15) is 4.79 Å². The van der Waals surface area contributed by atoms with Gasteiger partial charge in [0.25, 0.3) is 0 Å². The molecule has 1 aliphatic heterocycles. The molecule has 1 N–H and O–H groups in total. The molecule has 0 spiro atoms. The summed E-state index contributed by atoms with van der Waals surface area (Å²) in [4.78, 5) is 15.4. The number of morpholine rings is 1. The van der Waals surface area contributed by atoms with E-state index in [4.69, 9.17) is 4.74 Å². The Morgan fingerprint density at radius 1 is 1.73 bits per heavy atom. The van der Waals surface area contributed by atoms with E-state index < -0.39 is 0 Å². The maximum absolute atomic E-state index is 10.9. The lowest BCUT2D eigenvalue weighted by atomic mass is 10.2. The number of thiazole rings is 1. The highest BCUT2D eigenvalue weighted by Gasteiger charge is 2.22. The highest BCUT2D eigenvalue weighted by molar-refractivity contribution is 7.09. The lowest BCUT2D eigenvalue weighted by Gasteiger charge is -2.21. The topological polar surface area (TPSA) is 51.2 Å². The number of carbonyl (C=O) groups excluding carboxylic acids is 1. The molecule has 0 bridgehead atoms. The third-order valence-corrected chi connectivity index (χ3v) is 3.19. The minimum Gasteiger partial charge on any atom is -0.360 e. The molecule has 0 saturated carbocycles. The molecule has 15 heavy (non-hydrogen) atoms. The molecule has 82 valence electrons. The summed E-state index contributed by atoms with van der Waals surface area (Å²) >= 11 is 1.66. The van der Waals surface area contributed by atoms with Crippen LogP contribution < -0.4 is 5.32 Å². The number of ether oxygens (including phenoxy) is 1. The molecule has 1 unspecified atom stereocenters. The number of nitrogens with zero attached hydrogens (tertiary/aromatic N) is 1. The second kappa shape index (κ2) is 4.72. The zero-order valence-electron chi connectivity index (χ0n) is 8.66. The van der Waals surface area contributed by atoms with Crippen LogP contribution in [0.4, 0.5) is 0 Å². The van der Waals surface area contributed by atoms with Gasteiger partial charge in [-0.1, -0.05) is 6.92 Å². The van der Waals surface area contributed by atoms with Crippen LogP contribution in [-0.4, -0.2) is 24.0 Å². The van der Waals surface area contributed by atoms with Gasteiger partial charge < -0.3 is 10.1 Å². The average molecular weight is 226 g/mol. The van der Waals surface area contributed by atoms with Crippen molar-refractivity contribution in [1.29, 1.82) is 0 Å². The summed E-state index contributed by atoms with van der Waals surface area (Å²) in [5.74, 6) is -0.0461. The SMILES string of the molecule is CCCc1nc(C2CNC(=O)CO2)cs1. The standard InChI is InChI=1S/C10H14N2O2S/c1-2-3-10-12-7(6-15-10)8-4-11-9(13)5-14-8/h6,8H,2-5H2,1H3,(H,11,13). The fourth-order valence-corrected chi connectivity index (χ4v) is 2.43. The predicted molar refractivity (Wildman–Crippen MR) is 57.8 cm³/mol. The summed E-state index contributed by atoms with van der Waals surface area (Å²) in [5, 5.41) is 5.94. The van der Waals surface area contributed by atoms with Crippen LogP contribution in [0.15, 0.2) is 5.38 Å². The van der Waals surface area contributed by atoms with E-state index in [1.54, 1.807) is 11.3 Å². The van der Waals surface area contributed by atoms with Crippen molar-refractivity contribution in [1.82, 2.24) is 10.3 Å². The summed E-state index contributed by atoms with van der Waals surface area (Å²) in [7, 11) is 0. The molecule has 0 radical (unpaired) electrons. The molecule has 1 aromatic heterocycles. The zero-order chi connectivity index (χ0) is 10.7. The monoisotopic (exact) mass is 226 g/mol. The van der Waals surface area contributed by atoms with Gasteiger partial charge in [0.15, 0.2) is 0 Å². The first kappa shape index (κ1) is 10.6. The Bertz CT molecular complexity index is 341. The van der Waals surface area contributed by atoms with Crippen LogP contribution >= 0.6 is 11.3 Å². The van der Waals surface area contributed by atoms with Crippen molar-refractivity contribution in [2.24, 2.45) is 0 Å². The van der Waals surface area contributed by atoms with Gasteiger partial charge in [0.2, 0.25) is 5.91 Å². The number of hydrogen-bond acceptors (Lipinski definition) is 4. The minimum atomic E-state index is -0.0652. The van der Waals surface area contributed by atoms with Crippen molar-refractivity contribution in [3.63, 3.8) is 0 Å². The Balaban J connectivity index is 1.99. The quantitative estimate of drug-likeness (QED) is 0.844. The van der Waals surface area contributed by atoms with Crippen molar-refractivity contribution >= 4 is 17.2 Å². The Morgan fingerprint density at radius 3 is 3.27 bits per heavy atom. The molecular formula is C10H14N2O2S. The molecule has 0 aromatic carbocycles. The smallest absolute Gasteiger partial charge is 0.246 e. The summed E-state index contributed by atoms with van der Waals surface area (Å²) < 4.78 is 5.40. The van der Waals surface area contributed by atoms with Crippen LogP contribution in [0.25, 0.3) is 0 Å². The number of nitrogens with one attached hydrogen (secondary N) is 1. The number of amides is 1. The maximum Gasteiger partial charge on any atom is 0.246 e. The van der Waals surface area contributed by atoms with Crippen LogP contribution in [0, 0.1) is 0 Å². The molecule has 1 fully saturated rings. The fourth-order valence-electron chi connectivity index (χ4n) is 1.48. The summed E-state index contributed by atoms with van der Waals surface area (Å²) in [6.07, 6.45) is 2.06. The molecule has 2 heterocycles. The first-order valence-electron chi connectivity index (χ1n) is 5.12. The molecule has 1 aromatic rings. The summed E-state index contributed by atoms with van der Waals surface area (Å²) in [6, 6.07) is 0. The second-order valence-corrected chi connectivity index (χ2v) is 4.46. The lowest BCUT2D eigenvalue weighted by Crippen LogP contribution is -2.38. The number of rotatable bonds is 3. The third kappa shape index (κ3) is 2.54. The van der Waals surface area contributed by atoms with Crippen molar-refractivity contribution in [3.8, 4) is 0 Å². The third-order valence-electron chi connectivity index (χ3n) is 2.26. The number of carbonyl (C=O) groups is 1. The average Bonchev–Trinajstić information content (AvgIpc) is 2.68. The van der Waals surface area contributed by atoms with E-state index in [0.717, 1.165) is 23.5 Å². The molecule has 5 heteroatoms. The van der Waals surface area contributed by atoms with Crippen LogP contribution in [0.3, 0.4) is 0 Å². The Kier molecular flexibility index (Phi) is 3.33. The molecule has 1 saturated heterocycles. The van der Waals surface area contributed by atoms with Crippen LogP contribution in [0.2, 0.25) is 0 Å². The van der Waals surface area contributed by atoms with E-state index in [1.807, 2.05) is 5.38 Å². The normalized spacial score (nSPS) is 21.4. The van der Waals surface area contributed by atoms with Gasteiger partial charge in [-0.3, -0.25) is 4.79 Å². The molecule has 4 nitrogen and oxygen atoms in total. The molecule has 2 rings (SSSR count). The molecular weight excluding hydrogens is 212 g/mol. The summed E-state index contributed by atoms with van der Waals surface area (Å²) in [6.45, 7) is 2.82. The maximum atomic E-state index is 10.9. The lowest BCUT2D eigenvalue weighted by molar-refractivity contribution is -0.133. The van der Waals surface area contributed by atoms with Crippen LogP contribution in [-0.2, 0) is 16.0 Å². The minimum absolute atomic E-state index is 0.0461. The van der Waals surface area contributed by atoms with Crippen molar-refractivity contribution < 1.29 is 9.53 Å². The highest BCUT2D eigenvalue weighted by Crippen LogP contribution is 2.21. The van der Waals surface area contributed by atoms with Gasteiger partial charge in [-0.05, 0) is 12.8 Å². The number of aromatic nitrogens is 1. The van der Waals surface area contributed by atoms with Gasteiger partial charge >= 0.3 is 0 Å². The van der Waals surface area contributed by atoms with E-state index in [0.29, 0.717) is 6.54 Å². The van der Waals surface area contributed by atoms with E-state index in [2.05, 4.69) is 17.2 Å². The first-order chi connectivity index (χ1) is 7.29. The predicted octanol–water partition coefficient (Wildman–Crippen LogP) is 1.28. The Labute approximate surface area is 92.7 Å². The van der Waals surface area contributed by atoms with Crippen LogP contribution in [0.5, 0.6) is 0 Å². The second-order valence-electron chi connectivity index (χ2n) is 3.52. The number of aryl methyl sites for hydroxylation is 1. The fraction of sp³-hybridized carbons (Fsp3) is 0.600. The molecule has 1 aliphatic rings. The van der Waals surface area contributed by atoms with Crippen molar-refractivity contribution in [3.05, 3.63) is 16.1 Å². The van der Waals surface area contributed by atoms with Gasteiger partial charge in [0.1, 0.15) is 12.7 Å². The zero-order valence-corrected chi connectivity index (χ0v) is 9.47. The first-order valence-corrected chi connectivity index (χ1v) is 6.00. The Hall–Kier alpha value is -0.940. The van der Waals surface area contributed by atoms with E-state index >= 15 is 0 Å². The van der Waals surface area contributed by atoms with E-state index in [-0.39, 0.29) is 18.6 Å². The van der Waals surface area contributed by atoms with Gasteiger partial charge in [-0.25, -0.2) is 4.98 Å². The van der Waals surface area contributed by atoms with Gasteiger partial charge in [-0.2, -0.15) is 0 Å². The largest absolute Gasteiger partial charge is 0.360 e. The van der Waals surface area contributed by atoms with E-state index in [1.165, 1.54) is 0 Å². The molecule has 1 amide bonds. The van der Waals surface area contributed by atoms with Crippen molar-refractivity contribution in [2.75, 3.05) is 13.2 Å². The Morgan fingerprint density at radius 2 is 2.60 bits per heavy atom. The molecule has 0 aliphatic carbocycles. The van der Waals surface area contributed by atoms with Crippen LogP contribution in [0.1, 0.15) is 30.2 Å². The van der Waals surface area contributed by atoms with Crippen molar-refractivity contribution in [2.45, 2.75) is 25.9 Å². The van der Waals surface area contributed by atoms with Gasteiger partial charge in [-0.15, -0.1) is 11.3 Å². The molecule has 1 atom stereocenters.